The molecular formula is C8H8O. The summed E-state index contributed by atoms with van der Waals surface area (Å²) >= 11 is 0. The zero-order chi connectivity index (χ0) is 6.69. The molecular weight excluding hydrogens is 112 g/mol. The molecule has 1 nitrogen and oxygen atoms in total. The van der Waals surface area contributed by atoms with Crippen molar-refractivity contribution in [3.05, 3.63) is 36.0 Å². The number of ether oxygens (including phenoxy) is 1. The molecule has 0 aromatic carbocycles. The highest BCUT2D eigenvalue weighted by Crippen LogP contribution is 2.18. The average molecular weight is 120 g/mol. The zero-order valence-corrected chi connectivity index (χ0v) is 5.24. The largest absolute Gasteiger partial charge is 0.485 e. The van der Waals surface area contributed by atoms with E-state index in [-0.39, 0.29) is 0 Å². The molecule has 0 aromatic heterocycles. The molecule has 0 unspecified atom stereocenters. The first kappa shape index (κ1) is 5.97. The third-order valence-electron chi connectivity index (χ3n) is 1.24. The molecule has 0 bridgehead atoms. The maximum absolute atomic E-state index is 5.11. The Morgan fingerprint density at radius 2 is 2.11 bits per heavy atom. The predicted molar refractivity (Wildman–Crippen MR) is 35.9 cm³/mol. The molecule has 0 aromatic rings. The molecule has 1 heteroatoms. The first-order valence-corrected chi connectivity index (χ1v) is 2.76. The van der Waals surface area contributed by atoms with Gasteiger partial charge in [-0.3, -0.25) is 0 Å². The van der Waals surface area contributed by atoms with E-state index in [9.17, 15) is 0 Å². The topological polar surface area (TPSA) is 9.23 Å². The van der Waals surface area contributed by atoms with Gasteiger partial charge in [0.2, 0.25) is 0 Å². The van der Waals surface area contributed by atoms with E-state index in [0.29, 0.717) is 6.61 Å². The van der Waals surface area contributed by atoms with Gasteiger partial charge in [-0.1, -0.05) is 18.9 Å². The predicted octanol–water partition coefficient (Wildman–Crippen LogP) is 1.79. The van der Waals surface area contributed by atoms with E-state index >= 15 is 0 Å². The first-order chi connectivity index (χ1) is 4.36. The van der Waals surface area contributed by atoms with Crippen LogP contribution in [0.3, 0.4) is 0 Å². The van der Waals surface area contributed by atoms with Gasteiger partial charge in [0.25, 0.3) is 0 Å². The summed E-state index contributed by atoms with van der Waals surface area (Å²) in [7, 11) is 0. The quantitative estimate of drug-likeness (QED) is 0.443. The summed E-state index contributed by atoms with van der Waals surface area (Å²) in [6, 6.07) is 0. The summed E-state index contributed by atoms with van der Waals surface area (Å²) in [6.07, 6.45) is 0.785. The summed E-state index contributed by atoms with van der Waals surface area (Å²) in [5.74, 6) is 0.807. The van der Waals surface area contributed by atoms with E-state index in [2.05, 4.69) is 24.6 Å². The van der Waals surface area contributed by atoms with Gasteiger partial charge in [0.1, 0.15) is 12.4 Å². The minimum Gasteiger partial charge on any atom is -0.485 e. The maximum atomic E-state index is 5.11. The molecule has 0 N–H and O–H groups in total. The Kier molecular flexibility index (Phi) is 1.60. The highest BCUT2D eigenvalue weighted by molar-refractivity contribution is 5.15. The number of rotatable bonds is 0. The summed E-state index contributed by atoms with van der Waals surface area (Å²) in [4.78, 5) is 0. The van der Waals surface area contributed by atoms with E-state index < -0.39 is 0 Å². The van der Waals surface area contributed by atoms with Crippen molar-refractivity contribution in [2.75, 3.05) is 6.61 Å². The number of hydrogen-bond acceptors (Lipinski definition) is 1. The van der Waals surface area contributed by atoms with Crippen LogP contribution < -0.4 is 0 Å². The van der Waals surface area contributed by atoms with Crippen LogP contribution in [0.25, 0.3) is 0 Å². The van der Waals surface area contributed by atoms with Crippen LogP contribution in [-0.2, 0) is 4.74 Å². The fraction of sp³-hybridized carbons (Fsp3) is 0.250. The van der Waals surface area contributed by atoms with E-state index in [1.54, 1.807) is 0 Å². The standard InChI is InChI=1S/C8H8O/c1-3-7-5-8(4-2)9-6-7/h1-2,5-6H2. The van der Waals surface area contributed by atoms with Gasteiger partial charge in [0.05, 0.1) is 0 Å². The van der Waals surface area contributed by atoms with E-state index in [1.807, 2.05) is 0 Å². The van der Waals surface area contributed by atoms with Gasteiger partial charge >= 0.3 is 0 Å². The fourth-order valence-corrected chi connectivity index (χ4v) is 0.697. The fourth-order valence-electron chi connectivity index (χ4n) is 0.697. The third-order valence-corrected chi connectivity index (χ3v) is 1.24. The SMILES string of the molecule is C=C=C1COC(=C=C)C1. The lowest BCUT2D eigenvalue weighted by Crippen LogP contribution is -1.76. The van der Waals surface area contributed by atoms with E-state index in [1.165, 1.54) is 0 Å². The molecule has 9 heavy (non-hydrogen) atoms. The molecule has 1 saturated heterocycles. The monoisotopic (exact) mass is 120 g/mol. The van der Waals surface area contributed by atoms with Crippen molar-refractivity contribution in [3.63, 3.8) is 0 Å². The van der Waals surface area contributed by atoms with Gasteiger partial charge in [-0.15, -0.1) is 5.73 Å². The molecule has 0 atom stereocenters. The Balaban J connectivity index is 2.80. The molecule has 0 spiro atoms. The molecule has 1 rings (SSSR count). The van der Waals surface area contributed by atoms with Crippen molar-refractivity contribution in [1.29, 1.82) is 0 Å². The molecule has 0 aliphatic carbocycles. The second-order valence-corrected chi connectivity index (χ2v) is 1.85. The van der Waals surface area contributed by atoms with Gasteiger partial charge in [-0.25, -0.2) is 0 Å². The minimum absolute atomic E-state index is 0.612. The highest BCUT2D eigenvalue weighted by Gasteiger charge is 2.10. The zero-order valence-electron chi connectivity index (χ0n) is 5.24. The van der Waals surface area contributed by atoms with Gasteiger partial charge < -0.3 is 4.74 Å². The maximum Gasteiger partial charge on any atom is 0.143 e. The lowest BCUT2D eigenvalue weighted by Gasteiger charge is -1.86. The van der Waals surface area contributed by atoms with Crippen LogP contribution in [0, 0.1) is 0 Å². The Hall–Kier alpha value is -1.16. The molecule has 1 heterocycles. The second kappa shape index (κ2) is 2.41. The molecule has 1 aliphatic rings. The minimum atomic E-state index is 0.612. The van der Waals surface area contributed by atoms with Gasteiger partial charge in [0.15, 0.2) is 0 Å². The Bertz CT molecular complexity index is 189. The molecule has 46 valence electrons. The van der Waals surface area contributed by atoms with Crippen molar-refractivity contribution in [3.8, 4) is 0 Å². The molecule has 0 saturated carbocycles. The summed E-state index contributed by atoms with van der Waals surface area (Å²) in [5.41, 5.74) is 6.55. The highest BCUT2D eigenvalue weighted by atomic mass is 16.5. The van der Waals surface area contributed by atoms with Crippen LogP contribution in [0.5, 0.6) is 0 Å². The molecule has 0 amide bonds. The van der Waals surface area contributed by atoms with Crippen molar-refractivity contribution in [1.82, 2.24) is 0 Å². The van der Waals surface area contributed by atoms with Crippen molar-refractivity contribution >= 4 is 0 Å². The first-order valence-electron chi connectivity index (χ1n) is 2.76. The summed E-state index contributed by atoms with van der Waals surface area (Å²) < 4.78 is 5.11. The van der Waals surface area contributed by atoms with Gasteiger partial charge in [-0.2, -0.15) is 0 Å². The Labute approximate surface area is 54.6 Å². The Morgan fingerprint density at radius 3 is 2.44 bits per heavy atom. The van der Waals surface area contributed by atoms with E-state index in [4.69, 9.17) is 4.74 Å². The molecule has 0 radical (unpaired) electrons. The number of allylic oxidation sites excluding steroid dienone is 1. The van der Waals surface area contributed by atoms with Crippen LogP contribution in [0.15, 0.2) is 36.0 Å². The summed E-state index contributed by atoms with van der Waals surface area (Å²) in [5, 5.41) is 0. The van der Waals surface area contributed by atoms with Crippen molar-refractivity contribution in [2.24, 2.45) is 0 Å². The van der Waals surface area contributed by atoms with Crippen LogP contribution in [0.1, 0.15) is 6.42 Å². The van der Waals surface area contributed by atoms with Crippen molar-refractivity contribution < 1.29 is 4.74 Å². The molecule has 1 fully saturated rings. The average Bonchev–Trinajstić information content (AvgIpc) is 2.34. The summed E-state index contributed by atoms with van der Waals surface area (Å²) in [6.45, 7) is 7.58. The van der Waals surface area contributed by atoms with Crippen LogP contribution in [0.2, 0.25) is 0 Å². The molecule has 1 aliphatic heterocycles. The van der Waals surface area contributed by atoms with Crippen LogP contribution in [0.4, 0.5) is 0 Å². The Morgan fingerprint density at radius 1 is 1.33 bits per heavy atom. The van der Waals surface area contributed by atoms with E-state index in [0.717, 1.165) is 17.8 Å². The normalized spacial score (nSPS) is 16.4. The second-order valence-electron chi connectivity index (χ2n) is 1.85. The van der Waals surface area contributed by atoms with Crippen LogP contribution >= 0.6 is 0 Å². The lowest BCUT2D eigenvalue weighted by molar-refractivity contribution is 0.276. The third kappa shape index (κ3) is 1.14. The van der Waals surface area contributed by atoms with Crippen LogP contribution in [-0.4, -0.2) is 6.61 Å². The smallest absolute Gasteiger partial charge is 0.143 e. The van der Waals surface area contributed by atoms with Crippen molar-refractivity contribution in [2.45, 2.75) is 6.42 Å². The van der Waals surface area contributed by atoms with Gasteiger partial charge in [-0.05, 0) is 0 Å². The van der Waals surface area contributed by atoms with Gasteiger partial charge in [0, 0.05) is 12.0 Å². The number of hydrogen-bond donors (Lipinski definition) is 0. The lowest BCUT2D eigenvalue weighted by atomic mass is 10.2.